The second-order valence-corrected chi connectivity index (χ2v) is 5.91. The first kappa shape index (κ1) is 17.1. The van der Waals surface area contributed by atoms with Gasteiger partial charge in [-0.3, -0.25) is 0 Å². The average Bonchev–Trinajstić information content (AvgIpc) is 2.67. The van der Waals surface area contributed by atoms with Gasteiger partial charge in [-0.15, -0.1) is 0 Å². The summed E-state index contributed by atoms with van der Waals surface area (Å²) in [4.78, 5) is 0. The van der Waals surface area contributed by atoms with Crippen molar-refractivity contribution in [2.75, 3.05) is 21.3 Å². The summed E-state index contributed by atoms with van der Waals surface area (Å²) in [7, 11) is 4.90. The molecule has 0 amide bonds. The highest BCUT2D eigenvalue weighted by atomic mass is 32.1. The molecule has 130 valence electrons. The molecule has 3 rings (SSSR count). The van der Waals surface area contributed by atoms with Gasteiger partial charge in [0.2, 0.25) is 0 Å². The normalized spacial score (nSPS) is 16.4. The van der Waals surface area contributed by atoms with E-state index in [4.69, 9.17) is 26.4 Å². The van der Waals surface area contributed by atoms with Gasteiger partial charge in [0.15, 0.2) is 16.6 Å². The number of hydrogen-bond donors (Lipinski definition) is 2. The molecule has 0 radical (unpaired) electrons. The molecule has 0 aromatic heterocycles. The molecule has 6 heteroatoms. The summed E-state index contributed by atoms with van der Waals surface area (Å²) in [5.41, 5.74) is 2.97. The van der Waals surface area contributed by atoms with E-state index >= 15 is 0 Å². The fourth-order valence-electron chi connectivity index (χ4n) is 2.73. The van der Waals surface area contributed by atoms with E-state index in [1.807, 2.05) is 42.5 Å². The van der Waals surface area contributed by atoms with Crippen LogP contribution in [0.5, 0.6) is 17.2 Å². The van der Waals surface area contributed by atoms with Gasteiger partial charge in [0.05, 0.1) is 27.4 Å². The number of rotatable bonds is 5. The van der Waals surface area contributed by atoms with Crippen LogP contribution in [0.4, 0.5) is 0 Å². The summed E-state index contributed by atoms with van der Waals surface area (Å²) < 4.78 is 16.0. The quantitative estimate of drug-likeness (QED) is 0.802. The van der Waals surface area contributed by atoms with E-state index in [-0.39, 0.29) is 6.04 Å². The molecular weight excluding hydrogens is 336 g/mol. The number of thiocarbonyl (C=S) groups is 1. The van der Waals surface area contributed by atoms with E-state index in [9.17, 15) is 0 Å². The number of ether oxygens (including phenoxy) is 3. The van der Waals surface area contributed by atoms with E-state index in [2.05, 4.69) is 16.7 Å². The van der Waals surface area contributed by atoms with Crippen molar-refractivity contribution in [2.45, 2.75) is 6.04 Å². The Hall–Kier alpha value is -2.73. The molecule has 2 aromatic rings. The Kier molecular flexibility index (Phi) is 5.09. The maximum Gasteiger partial charge on any atom is 0.171 e. The second-order valence-electron chi connectivity index (χ2n) is 5.50. The Morgan fingerprint density at radius 1 is 0.920 bits per heavy atom. The van der Waals surface area contributed by atoms with Crippen LogP contribution in [0.2, 0.25) is 0 Å². The lowest BCUT2D eigenvalue weighted by Crippen LogP contribution is -2.40. The van der Waals surface area contributed by atoms with Gasteiger partial charge in [-0.1, -0.05) is 18.2 Å². The molecule has 25 heavy (non-hydrogen) atoms. The van der Waals surface area contributed by atoms with Gasteiger partial charge in [-0.05, 0) is 48.1 Å². The lowest BCUT2D eigenvalue weighted by Gasteiger charge is -2.27. The predicted molar refractivity (Wildman–Crippen MR) is 102 cm³/mol. The van der Waals surface area contributed by atoms with Gasteiger partial charge in [0.1, 0.15) is 5.75 Å². The SMILES string of the molecule is COc1cccc(C2=C[C@H](c3ccc(OC)c(OC)c3)NC(=S)N2)c1. The zero-order chi connectivity index (χ0) is 17.8. The van der Waals surface area contributed by atoms with Crippen LogP contribution in [0.3, 0.4) is 0 Å². The summed E-state index contributed by atoms with van der Waals surface area (Å²) in [5, 5.41) is 7.04. The van der Waals surface area contributed by atoms with Gasteiger partial charge >= 0.3 is 0 Å². The van der Waals surface area contributed by atoms with Crippen LogP contribution in [0, 0.1) is 0 Å². The Bertz CT molecular complexity index is 820. The monoisotopic (exact) mass is 356 g/mol. The van der Waals surface area contributed by atoms with Crippen LogP contribution in [-0.4, -0.2) is 26.4 Å². The van der Waals surface area contributed by atoms with Crippen molar-refractivity contribution in [1.29, 1.82) is 0 Å². The van der Waals surface area contributed by atoms with E-state index in [1.165, 1.54) is 0 Å². The molecule has 0 saturated carbocycles. The summed E-state index contributed by atoms with van der Waals surface area (Å²) in [6, 6.07) is 13.6. The van der Waals surface area contributed by atoms with Crippen LogP contribution in [0.25, 0.3) is 5.70 Å². The smallest absolute Gasteiger partial charge is 0.171 e. The maximum absolute atomic E-state index is 5.40. The van der Waals surface area contributed by atoms with Gasteiger partial charge in [-0.2, -0.15) is 0 Å². The summed E-state index contributed by atoms with van der Waals surface area (Å²) in [5.74, 6) is 2.18. The van der Waals surface area contributed by atoms with Gasteiger partial charge in [0.25, 0.3) is 0 Å². The highest BCUT2D eigenvalue weighted by Gasteiger charge is 2.20. The van der Waals surface area contributed by atoms with Crippen LogP contribution in [-0.2, 0) is 0 Å². The third-order valence-electron chi connectivity index (χ3n) is 4.02. The number of hydrogen-bond acceptors (Lipinski definition) is 4. The fraction of sp³-hybridized carbons (Fsp3) is 0.211. The first-order valence-electron chi connectivity index (χ1n) is 7.80. The van der Waals surface area contributed by atoms with E-state index in [0.29, 0.717) is 16.6 Å². The molecule has 1 atom stereocenters. The molecule has 1 heterocycles. The number of nitrogens with one attached hydrogen (secondary N) is 2. The molecule has 2 aromatic carbocycles. The minimum absolute atomic E-state index is 0.0743. The largest absolute Gasteiger partial charge is 0.497 e. The topological polar surface area (TPSA) is 51.8 Å². The second kappa shape index (κ2) is 7.44. The minimum atomic E-state index is -0.0743. The molecule has 0 spiro atoms. The Morgan fingerprint density at radius 3 is 2.44 bits per heavy atom. The zero-order valence-electron chi connectivity index (χ0n) is 14.3. The van der Waals surface area contributed by atoms with Crippen molar-refractivity contribution in [3.05, 3.63) is 59.7 Å². The van der Waals surface area contributed by atoms with Crippen LogP contribution < -0.4 is 24.8 Å². The Morgan fingerprint density at radius 2 is 1.72 bits per heavy atom. The van der Waals surface area contributed by atoms with Crippen molar-refractivity contribution >= 4 is 23.0 Å². The first-order valence-corrected chi connectivity index (χ1v) is 8.21. The van der Waals surface area contributed by atoms with Gasteiger partial charge < -0.3 is 24.8 Å². The van der Waals surface area contributed by atoms with Crippen LogP contribution >= 0.6 is 12.2 Å². The molecule has 1 aliphatic rings. The van der Waals surface area contributed by atoms with E-state index in [1.54, 1.807) is 21.3 Å². The van der Waals surface area contributed by atoms with Crippen LogP contribution in [0.15, 0.2) is 48.5 Å². The molecule has 0 bridgehead atoms. The van der Waals surface area contributed by atoms with Crippen molar-refractivity contribution in [3.63, 3.8) is 0 Å². The maximum atomic E-state index is 5.40. The van der Waals surface area contributed by atoms with Crippen molar-refractivity contribution in [3.8, 4) is 17.2 Å². The Balaban J connectivity index is 1.97. The van der Waals surface area contributed by atoms with Crippen molar-refractivity contribution < 1.29 is 14.2 Å². The summed E-state index contributed by atoms with van der Waals surface area (Å²) in [6.07, 6.45) is 2.09. The lowest BCUT2D eigenvalue weighted by molar-refractivity contribution is 0.354. The van der Waals surface area contributed by atoms with E-state index in [0.717, 1.165) is 22.6 Å². The van der Waals surface area contributed by atoms with Crippen LogP contribution in [0.1, 0.15) is 17.2 Å². The molecule has 2 N–H and O–H groups in total. The molecule has 0 aliphatic carbocycles. The number of benzene rings is 2. The third kappa shape index (κ3) is 3.69. The van der Waals surface area contributed by atoms with Crippen molar-refractivity contribution in [1.82, 2.24) is 10.6 Å². The lowest BCUT2D eigenvalue weighted by atomic mass is 10.0. The van der Waals surface area contributed by atoms with E-state index < -0.39 is 0 Å². The first-order chi connectivity index (χ1) is 12.1. The fourth-order valence-corrected chi connectivity index (χ4v) is 2.97. The molecule has 0 unspecified atom stereocenters. The molecular formula is C19H20N2O3S. The highest BCUT2D eigenvalue weighted by molar-refractivity contribution is 7.80. The zero-order valence-corrected chi connectivity index (χ0v) is 15.1. The predicted octanol–water partition coefficient (Wildman–Crippen LogP) is 3.27. The average molecular weight is 356 g/mol. The Labute approximate surface area is 152 Å². The van der Waals surface area contributed by atoms with Gasteiger partial charge in [0, 0.05) is 11.3 Å². The molecule has 1 aliphatic heterocycles. The molecule has 5 nitrogen and oxygen atoms in total. The number of methoxy groups -OCH3 is 3. The highest BCUT2D eigenvalue weighted by Crippen LogP contribution is 2.32. The molecule has 0 saturated heterocycles. The third-order valence-corrected chi connectivity index (χ3v) is 4.24. The van der Waals surface area contributed by atoms with Gasteiger partial charge in [-0.25, -0.2) is 0 Å². The molecule has 0 fully saturated rings. The summed E-state index contributed by atoms with van der Waals surface area (Å²) >= 11 is 5.38. The minimum Gasteiger partial charge on any atom is -0.497 e. The standard InChI is InChI=1S/C19H20N2O3S/c1-22-14-6-4-5-12(9-14)15-11-16(21-19(25)20-15)13-7-8-17(23-2)18(10-13)24-3/h4-11,16H,1-3H3,(H2,20,21,25)/t16-/m1/s1. The summed E-state index contributed by atoms with van der Waals surface area (Å²) in [6.45, 7) is 0. The van der Waals surface area contributed by atoms with Crippen molar-refractivity contribution in [2.24, 2.45) is 0 Å².